The number of aromatic nitrogens is 4. The van der Waals surface area contributed by atoms with E-state index in [1.165, 1.54) is 0 Å². The van der Waals surface area contributed by atoms with E-state index in [1.807, 2.05) is 41.1 Å². The second-order valence-corrected chi connectivity index (χ2v) is 5.23. The van der Waals surface area contributed by atoms with Gasteiger partial charge in [-0.1, -0.05) is 41.6 Å². The van der Waals surface area contributed by atoms with E-state index in [4.69, 9.17) is 5.73 Å². The van der Waals surface area contributed by atoms with Gasteiger partial charge in [-0.15, -0.1) is 5.10 Å². The summed E-state index contributed by atoms with van der Waals surface area (Å²) >= 11 is 0. The first kappa shape index (κ1) is 13.6. The molecule has 0 aliphatic carbocycles. The van der Waals surface area contributed by atoms with Crippen molar-refractivity contribution in [3.63, 3.8) is 0 Å². The maximum absolute atomic E-state index is 5.86. The molecule has 5 heteroatoms. The molecule has 0 saturated heterocycles. The van der Waals surface area contributed by atoms with Gasteiger partial charge in [0.25, 0.3) is 0 Å². The maximum Gasteiger partial charge on any atom is 0.105 e. The Morgan fingerprint density at radius 3 is 2.52 bits per heavy atom. The first-order valence-electron chi connectivity index (χ1n) is 7.41. The SMILES string of the molecule is NCc1nnn(-c2cccc3ccccc23)c1-c1ccncc1. The molecule has 0 radical (unpaired) electrons. The van der Waals surface area contributed by atoms with Crippen LogP contribution < -0.4 is 5.73 Å². The molecule has 0 saturated carbocycles. The van der Waals surface area contributed by atoms with Gasteiger partial charge in [0.05, 0.1) is 11.4 Å². The molecule has 2 heterocycles. The smallest absolute Gasteiger partial charge is 0.105 e. The quantitative estimate of drug-likeness (QED) is 0.631. The van der Waals surface area contributed by atoms with Crippen molar-refractivity contribution in [3.05, 3.63) is 72.7 Å². The zero-order valence-corrected chi connectivity index (χ0v) is 12.4. The van der Waals surface area contributed by atoms with E-state index in [-0.39, 0.29) is 0 Å². The number of hydrogen-bond donors (Lipinski definition) is 1. The Hall–Kier alpha value is -3.05. The molecule has 4 rings (SSSR count). The molecule has 5 nitrogen and oxygen atoms in total. The zero-order valence-electron chi connectivity index (χ0n) is 12.4. The average molecular weight is 301 g/mol. The molecule has 2 aromatic carbocycles. The number of nitrogens with two attached hydrogens (primary N) is 1. The largest absolute Gasteiger partial charge is 0.325 e. The molecule has 2 N–H and O–H groups in total. The molecule has 2 aromatic heterocycles. The fourth-order valence-corrected chi connectivity index (χ4v) is 2.81. The fourth-order valence-electron chi connectivity index (χ4n) is 2.81. The van der Waals surface area contributed by atoms with E-state index in [2.05, 4.69) is 33.5 Å². The maximum atomic E-state index is 5.86. The average Bonchev–Trinajstić information content (AvgIpc) is 3.06. The molecule has 0 unspecified atom stereocenters. The minimum atomic E-state index is 0.336. The molecule has 0 atom stereocenters. The number of rotatable bonds is 3. The van der Waals surface area contributed by atoms with Crippen molar-refractivity contribution < 1.29 is 0 Å². The third-order valence-corrected chi connectivity index (χ3v) is 3.88. The van der Waals surface area contributed by atoms with Gasteiger partial charge in [-0.3, -0.25) is 4.98 Å². The van der Waals surface area contributed by atoms with Crippen LogP contribution in [0.4, 0.5) is 0 Å². The topological polar surface area (TPSA) is 69.6 Å². The Morgan fingerprint density at radius 1 is 0.913 bits per heavy atom. The Balaban J connectivity index is 2.01. The highest BCUT2D eigenvalue weighted by atomic mass is 15.4. The van der Waals surface area contributed by atoms with Gasteiger partial charge in [0, 0.05) is 29.9 Å². The Kier molecular flexibility index (Phi) is 3.33. The van der Waals surface area contributed by atoms with Crippen LogP contribution in [0.2, 0.25) is 0 Å². The van der Waals surface area contributed by atoms with E-state index >= 15 is 0 Å². The highest BCUT2D eigenvalue weighted by molar-refractivity contribution is 5.90. The standard InChI is InChI=1S/C18H15N5/c19-12-16-18(14-8-10-20-11-9-14)23(22-21-16)17-7-3-5-13-4-1-2-6-15(13)17/h1-11H,12,19H2. The van der Waals surface area contributed by atoms with E-state index < -0.39 is 0 Å². The molecular formula is C18H15N5. The lowest BCUT2D eigenvalue weighted by atomic mass is 10.1. The molecule has 0 spiro atoms. The lowest BCUT2D eigenvalue weighted by Gasteiger charge is -2.10. The van der Waals surface area contributed by atoms with E-state index in [0.29, 0.717) is 6.54 Å². The van der Waals surface area contributed by atoms with Crippen LogP contribution in [0, 0.1) is 0 Å². The highest BCUT2D eigenvalue weighted by Gasteiger charge is 2.16. The van der Waals surface area contributed by atoms with Crippen LogP contribution in [0.25, 0.3) is 27.7 Å². The molecule has 0 amide bonds. The van der Waals surface area contributed by atoms with Crippen molar-refractivity contribution >= 4 is 10.8 Å². The van der Waals surface area contributed by atoms with Gasteiger partial charge in [-0.2, -0.15) is 0 Å². The predicted molar refractivity (Wildman–Crippen MR) is 90.0 cm³/mol. The molecule has 0 fully saturated rings. The van der Waals surface area contributed by atoms with Crippen molar-refractivity contribution in [1.29, 1.82) is 0 Å². The molecule has 112 valence electrons. The van der Waals surface area contributed by atoms with Crippen molar-refractivity contribution in [1.82, 2.24) is 20.0 Å². The number of nitrogens with zero attached hydrogens (tertiary/aromatic N) is 4. The van der Waals surface area contributed by atoms with E-state index in [1.54, 1.807) is 12.4 Å². The third kappa shape index (κ3) is 2.27. The fraction of sp³-hybridized carbons (Fsp3) is 0.0556. The van der Waals surface area contributed by atoms with Gasteiger partial charge in [0.15, 0.2) is 0 Å². The first-order chi connectivity index (χ1) is 11.4. The minimum Gasteiger partial charge on any atom is -0.325 e. The Bertz CT molecular complexity index is 954. The summed E-state index contributed by atoms with van der Waals surface area (Å²) in [6.45, 7) is 0.336. The monoisotopic (exact) mass is 301 g/mol. The van der Waals surface area contributed by atoms with Crippen LogP contribution in [0.5, 0.6) is 0 Å². The van der Waals surface area contributed by atoms with Gasteiger partial charge in [-0.25, -0.2) is 4.68 Å². The van der Waals surface area contributed by atoms with Gasteiger partial charge in [-0.05, 0) is 23.6 Å². The lowest BCUT2D eigenvalue weighted by molar-refractivity contribution is 0.804. The third-order valence-electron chi connectivity index (χ3n) is 3.88. The summed E-state index contributed by atoms with van der Waals surface area (Å²) in [6.07, 6.45) is 3.52. The Morgan fingerprint density at radius 2 is 1.70 bits per heavy atom. The summed E-state index contributed by atoms with van der Waals surface area (Å²) in [7, 11) is 0. The molecule has 23 heavy (non-hydrogen) atoms. The lowest BCUT2D eigenvalue weighted by Crippen LogP contribution is -2.03. The van der Waals surface area contributed by atoms with E-state index in [0.717, 1.165) is 33.4 Å². The normalized spacial score (nSPS) is 11.0. The summed E-state index contributed by atoms with van der Waals surface area (Å²) in [5.41, 5.74) is 9.52. The number of fused-ring (bicyclic) bond motifs is 1. The number of pyridine rings is 1. The minimum absolute atomic E-state index is 0.336. The molecular weight excluding hydrogens is 286 g/mol. The summed E-state index contributed by atoms with van der Waals surface area (Å²) < 4.78 is 1.86. The van der Waals surface area contributed by atoms with Crippen LogP contribution in [-0.4, -0.2) is 20.0 Å². The van der Waals surface area contributed by atoms with E-state index in [9.17, 15) is 0 Å². The molecule has 0 aliphatic heterocycles. The van der Waals surface area contributed by atoms with Crippen LogP contribution in [0.1, 0.15) is 5.69 Å². The molecule has 0 aliphatic rings. The highest BCUT2D eigenvalue weighted by Crippen LogP contribution is 2.28. The summed E-state index contributed by atoms with van der Waals surface area (Å²) in [6, 6.07) is 18.3. The number of hydrogen-bond acceptors (Lipinski definition) is 4. The zero-order chi connectivity index (χ0) is 15.6. The van der Waals surface area contributed by atoms with Gasteiger partial charge in [0.1, 0.15) is 5.69 Å². The van der Waals surface area contributed by atoms with Gasteiger partial charge in [0.2, 0.25) is 0 Å². The van der Waals surface area contributed by atoms with Gasteiger partial charge < -0.3 is 5.73 Å². The van der Waals surface area contributed by atoms with Gasteiger partial charge >= 0.3 is 0 Å². The van der Waals surface area contributed by atoms with Crippen molar-refractivity contribution in [2.24, 2.45) is 5.73 Å². The number of benzene rings is 2. The van der Waals surface area contributed by atoms with Crippen LogP contribution in [0.3, 0.4) is 0 Å². The van der Waals surface area contributed by atoms with Crippen LogP contribution in [0.15, 0.2) is 67.0 Å². The molecule has 4 aromatic rings. The summed E-state index contributed by atoms with van der Waals surface area (Å²) in [4.78, 5) is 4.08. The van der Waals surface area contributed by atoms with Crippen LogP contribution in [-0.2, 0) is 6.54 Å². The summed E-state index contributed by atoms with van der Waals surface area (Å²) in [5.74, 6) is 0. The second kappa shape index (κ2) is 5.62. The van der Waals surface area contributed by atoms with Crippen LogP contribution >= 0.6 is 0 Å². The van der Waals surface area contributed by atoms with Crippen molar-refractivity contribution in [3.8, 4) is 16.9 Å². The summed E-state index contributed by atoms with van der Waals surface area (Å²) in [5, 5.41) is 10.9. The second-order valence-electron chi connectivity index (χ2n) is 5.23. The Labute approximate surface area is 133 Å². The first-order valence-corrected chi connectivity index (χ1v) is 7.41. The molecule has 0 bridgehead atoms. The van der Waals surface area contributed by atoms with Crippen molar-refractivity contribution in [2.45, 2.75) is 6.54 Å². The van der Waals surface area contributed by atoms with Crippen molar-refractivity contribution in [2.75, 3.05) is 0 Å². The predicted octanol–water partition coefficient (Wildman–Crippen LogP) is 2.94.